The summed E-state index contributed by atoms with van der Waals surface area (Å²) in [6, 6.07) is 0. The molecule has 0 amide bonds. The number of aryl methyl sites for hydroxylation is 1. The van der Waals surface area contributed by atoms with Crippen molar-refractivity contribution in [2.24, 2.45) is 11.7 Å². The second-order valence-electron chi connectivity index (χ2n) is 4.44. The summed E-state index contributed by atoms with van der Waals surface area (Å²) in [5, 5.41) is 0. The maximum atomic E-state index is 5.84. The Labute approximate surface area is 103 Å². The molecule has 0 aliphatic heterocycles. The lowest BCUT2D eigenvalue weighted by atomic mass is 9.93. The van der Waals surface area contributed by atoms with Gasteiger partial charge in [0, 0.05) is 30.9 Å². The Hall–Kier alpha value is -0.480. The molecule has 0 bridgehead atoms. The van der Waals surface area contributed by atoms with Crippen molar-refractivity contribution in [3.8, 4) is 0 Å². The zero-order valence-electron chi connectivity index (χ0n) is 10.5. The van der Waals surface area contributed by atoms with Gasteiger partial charge in [-0.3, -0.25) is 0 Å². The normalized spacial score (nSPS) is 13.3. The maximum absolute atomic E-state index is 5.84. The Bertz CT molecular complexity index is 296. The molecule has 0 saturated heterocycles. The first-order valence-corrected chi connectivity index (χ1v) is 7.29. The van der Waals surface area contributed by atoms with E-state index in [1.807, 2.05) is 24.3 Å². The molecule has 4 heteroatoms. The molecule has 0 aromatic carbocycles. The van der Waals surface area contributed by atoms with Gasteiger partial charge in [0.1, 0.15) is 0 Å². The monoisotopic (exact) mass is 241 g/mol. The molecule has 0 aliphatic carbocycles. The number of nitrogens with two attached hydrogens (primary N) is 1. The molecule has 1 rings (SSSR count). The summed E-state index contributed by atoms with van der Waals surface area (Å²) in [4.78, 5) is 4.25. The highest BCUT2D eigenvalue weighted by Crippen LogP contribution is 2.23. The molecule has 0 spiro atoms. The van der Waals surface area contributed by atoms with Crippen LogP contribution in [0, 0.1) is 5.92 Å². The average molecular weight is 241 g/mol. The molecule has 1 atom stereocenters. The van der Waals surface area contributed by atoms with Crippen molar-refractivity contribution in [2.45, 2.75) is 32.7 Å². The minimum atomic E-state index is 0.428. The van der Waals surface area contributed by atoms with E-state index in [0.29, 0.717) is 18.4 Å². The van der Waals surface area contributed by atoms with E-state index in [1.54, 1.807) is 0 Å². The average Bonchev–Trinajstić information content (AvgIpc) is 2.68. The highest BCUT2D eigenvalue weighted by atomic mass is 32.2. The smallest absolute Gasteiger partial charge is 0.0948 e. The number of nitrogens with zero attached hydrogens (tertiary/aromatic N) is 2. The van der Waals surface area contributed by atoms with Crippen LogP contribution in [0.3, 0.4) is 0 Å². The van der Waals surface area contributed by atoms with Gasteiger partial charge in [-0.15, -0.1) is 0 Å². The predicted octanol–water partition coefficient (Wildman–Crippen LogP) is 2.33. The Morgan fingerprint density at radius 3 is 2.81 bits per heavy atom. The summed E-state index contributed by atoms with van der Waals surface area (Å²) in [7, 11) is 0. The molecule has 0 aliphatic rings. The minimum absolute atomic E-state index is 0.428. The molecule has 0 saturated carbocycles. The van der Waals surface area contributed by atoms with Gasteiger partial charge in [0.05, 0.1) is 6.33 Å². The molecular formula is C12H23N3S. The van der Waals surface area contributed by atoms with E-state index >= 15 is 0 Å². The third-order valence-electron chi connectivity index (χ3n) is 2.93. The van der Waals surface area contributed by atoms with Gasteiger partial charge in [-0.25, -0.2) is 4.98 Å². The molecule has 16 heavy (non-hydrogen) atoms. The van der Waals surface area contributed by atoms with Crippen LogP contribution in [0.25, 0.3) is 0 Å². The van der Waals surface area contributed by atoms with Crippen LogP contribution in [-0.4, -0.2) is 28.1 Å². The molecule has 2 N–H and O–H groups in total. The van der Waals surface area contributed by atoms with E-state index in [4.69, 9.17) is 5.73 Å². The Balaban J connectivity index is 2.68. The van der Waals surface area contributed by atoms with E-state index in [-0.39, 0.29) is 0 Å². The van der Waals surface area contributed by atoms with Gasteiger partial charge in [0.2, 0.25) is 0 Å². The summed E-state index contributed by atoms with van der Waals surface area (Å²) in [6.07, 6.45) is 7.24. The van der Waals surface area contributed by atoms with Crippen LogP contribution in [0.2, 0.25) is 0 Å². The number of rotatable bonds is 7. The number of thioether (sulfide) groups is 1. The van der Waals surface area contributed by atoms with Gasteiger partial charge in [0.15, 0.2) is 0 Å². The summed E-state index contributed by atoms with van der Waals surface area (Å²) in [5.74, 6) is 2.20. The van der Waals surface area contributed by atoms with Crippen molar-refractivity contribution >= 4 is 11.8 Å². The van der Waals surface area contributed by atoms with Crippen molar-refractivity contribution in [2.75, 3.05) is 18.6 Å². The molecule has 0 radical (unpaired) electrons. The van der Waals surface area contributed by atoms with E-state index in [0.717, 1.165) is 6.54 Å². The molecule has 1 unspecified atom stereocenters. The summed E-state index contributed by atoms with van der Waals surface area (Å²) in [5.41, 5.74) is 7.13. The van der Waals surface area contributed by atoms with Crippen LogP contribution in [-0.2, 0) is 6.54 Å². The molecule has 1 heterocycles. The topological polar surface area (TPSA) is 43.8 Å². The van der Waals surface area contributed by atoms with Crippen LogP contribution in [0.5, 0.6) is 0 Å². The van der Waals surface area contributed by atoms with Gasteiger partial charge in [-0.2, -0.15) is 11.8 Å². The zero-order valence-corrected chi connectivity index (χ0v) is 11.3. The lowest BCUT2D eigenvalue weighted by Gasteiger charge is -2.20. The minimum Gasteiger partial charge on any atom is -0.334 e. The van der Waals surface area contributed by atoms with Crippen LogP contribution < -0.4 is 5.73 Å². The van der Waals surface area contributed by atoms with Crippen molar-refractivity contribution in [1.82, 2.24) is 9.55 Å². The van der Waals surface area contributed by atoms with Gasteiger partial charge in [0.25, 0.3) is 0 Å². The molecular weight excluding hydrogens is 218 g/mol. The molecule has 1 aromatic heterocycles. The fourth-order valence-corrected chi connectivity index (χ4v) is 2.36. The first-order valence-electron chi connectivity index (χ1n) is 5.89. The second-order valence-corrected chi connectivity index (χ2v) is 5.43. The first kappa shape index (κ1) is 13.6. The third kappa shape index (κ3) is 3.52. The lowest BCUT2D eigenvalue weighted by molar-refractivity contribution is 0.471. The standard InChI is InChI=1S/C12H23N3S/c1-10(2)11(7-13)12-8-14-9-15(12)5-4-6-16-3/h8-11H,4-7,13H2,1-3H3. The van der Waals surface area contributed by atoms with E-state index in [2.05, 4.69) is 29.7 Å². The predicted molar refractivity (Wildman–Crippen MR) is 71.9 cm³/mol. The first-order chi connectivity index (χ1) is 7.70. The zero-order chi connectivity index (χ0) is 12.0. The molecule has 0 fully saturated rings. The van der Waals surface area contributed by atoms with E-state index in [9.17, 15) is 0 Å². The van der Waals surface area contributed by atoms with Crippen molar-refractivity contribution in [3.63, 3.8) is 0 Å². The molecule has 92 valence electrons. The summed E-state index contributed by atoms with van der Waals surface area (Å²) >= 11 is 1.89. The quantitative estimate of drug-likeness (QED) is 0.745. The van der Waals surface area contributed by atoms with E-state index in [1.165, 1.54) is 17.9 Å². The fraction of sp³-hybridized carbons (Fsp3) is 0.750. The van der Waals surface area contributed by atoms with Crippen LogP contribution >= 0.6 is 11.8 Å². The second kappa shape index (κ2) is 6.97. The summed E-state index contributed by atoms with van der Waals surface area (Å²) < 4.78 is 2.26. The van der Waals surface area contributed by atoms with Gasteiger partial charge >= 0.3 is 0 Å². The van der Waals surface area contributed by atoms with Crippen LogP contribution in [0.1, 0.15) is 31.9 Å². The molecule has 1 aromatic rings. The Morgan fingerprint density at radius 2 is 2.25 bits per heavy atom. The van der Waals surface area contributed by atoms with Gasteiger partial charge in [-0.1, -0.05) is 13.8 Å². The van der Waals surface area contributed by atoms with Crippen molar-refractivity contribution in [1.29, 1.82) is 0 Å². The van der Waals surface area contributed by atoms with Crippen LogP contribution in [0.15, 0.2) is 12.5 Å². The van der Waals surface area contributed by atoms with Crippen molar-refractivity contribution < 1.29 is 0 Å². The number of hydrogen-bond donors (Lipinski definition) is 1. The summed E-state index contributed by atoms with van der Waals surface area (Å²) in [6.45, 7) is 6.19. The number of hydrogen-bond acceptors (Lipinski definition) is 3. The number of aromatic nitrogens is 2. The van der Waals surface area contributed by atoms with E-state index < -0.39 is 0 Å². The maximum Gasteiger partial charge on any atom is 0.0948 e. The molecule has 3 nitrogen and oxygen atoms in total. The third-order valence-corrected chi connectivity index (χ3v) is 3.63. The largest absolute Gasteiger partial charge is 0.334 e. The fourth-order valence-electron chi connectivity index (χ4n) is 1.94. The Morgan fingerprint density at radius 1 is 1.50 bits per heavy atom. The van der Waals surface area contributed by atoms with Gasteiger partial charge < -0.3 is 10.3 Å². The highest BCUT2D eigenvalue weighted by Gasteiger charge is 2.17. The van der Waals surface area contributed by atoms with Crippen molar-refractivity contribution in [3.05, 3.63) is 18.2 Å². The number of imidazole rings is 1. The SMILES string of the molecule is CSCCCn1cncc1C(CN)C(C)C. The van der Waals surface area contributed by atoms with Crippen LogP contribution in [0.4, 0.5) is 0 Å². The Kier molecular flexibility index (Phi) is 5.91. The van der Waals surface area contributed by atoms with Gasteiger partial charge in [-0.05, 0) is 24.3 Å². The lowest BCUT2D eigenvalue weighted by Crippen LogP contribution is -2.21. The highest BCUT2D eigenvalue weighted by molar-refractivity contribution is 7.98.